The molecule has 0 radical (unpaired) electrons. The van der Waals surface area contributed by atoms with Crippen LogP contribution in [0.4, 0.5) is 26.3 Å². The maximum absolute atomic E-state index is 12.5. The fourth-order valence-corrected chi connectivity index (χ4v) is 3.60. The third-order valence-corrected chi connectivity index (χ3v) is 5.07. The topological polar surface area (TPSA) is 62.2 Å². The molecule has 29 heavy (non-hydrogen) atoms. The van der Waals surface area contributed by atoms with Crippen molar-refractivity contribution in [2.75, 3.05) is 19.6 Å². The molecule has 0 spiro atoms. The number of guanidine groups is 1. The first kappa shape index (κ1) is 25.9. The fraction of sp³-hybridized carbons (Fsp3) is 0.533. The van der Waals surface area contributed by atoms with Gasteiger partial charge in [-0.25, -0.2) is 9.97 Å². The highest BCUT2D eigenvalue weighted by molar-refractivity contribution is 14.0. The van der Waals surface area contributed by atoms with E-state index in [4.69, 9.17) is 0 Å². The van der Waals surface area contributed by atoms with Gasteiger partial charge in [0.1, 0.15) is 0 Å². The van der Waals surface area contributed by atoms with Gasteiger partial charge in [-0.1, -0.05) is 0 Å². The fourth-order valence-electron chi connectivity index (χ4n) is 2.00. The molecule has 5 nitrogen and oxygen atoms in total. The standard InChI is InChI=1S/C15H17F6N5S2.HI/c1-2-22-13(23-5-3-11-25-9(7-27-11)14(16,17)18)24-6-4-12-26-10(8-28-12)15(19,20)21;/h7-8H,2-6H2,1H3,(H2,22,23,24);1H. The first-order chi connectivity index (χ1) is 13.1. The quantitative estimate of drug-likeness (QED) is 0.220. The SMILES string of the molecule is CCNC(=NCCc1nc(C(F)(F)F)cs1)NCCc1nc(C(F)(F)F)cs1.I. The predicted octanol–water partition coefficient (Wildman–Crippen LogP) is 4.60. The Morgan fingerprint density at radius 3 is 1.90 bits per heavy atom. The van der Waals surface area contributed by atoms with Crippen molar-refractivity contribution in [3.05, 3.63) is 32.2 Å². The number of thiazole rings is 2. The Morgan fingerprint density at radius 1 is 0.931 bits per heavy atom. The van der Waals surface area contributed by atoms with Crippen LogP contribution in [0.1, 0.15) is 28.3 Å². The van der Waals surface area contributed by atoms with Crippen molar-refractivity contribution in [3.8, 4) is 0 Å². The van der Waals surface area contributed by atoms with E-state index >= 15 is 0 Å². The van der Waals surface area contributed by atoms with Gasteiger partial charge in [0.2, 0.25) is 0 Å². The van der Waals surface area contributed by atoms with Crippen LogP contribution in [0.15, 0.2) is 15.8 Å². The first-order valence-electron chi connectivity index (χ1n) is 8.15. The van der Waals surface area contributed by atoms with E-state index in [-0.39, 0.29) is 43.4 Å². The van der Waals surface area contributed by atoms with E-state index in [1.807, 2.05) is 6.92 Å². The maximum Gasteiger partial charge on any atom is 0.434 e. The predicted molar refractivity (Wildman–Crippen MR) is 111 cm³/mol. The average Bonchev–Trinajstić information content (AvgIpc) is 3.23. The molecule has 0 saturated heterocycles. The van der Waals surface area contributed by atoms with E-state index in [2.05, 4.69) is 25.6 Å². The molecule has 0 unspecified atom stereocenters. The number of aliphatic imine (C=N–C) groups is 1. The van der Waals surface area contributed by atoms with Crippen LogP contribution in [0.2, 0.25) is 0 Å². The van der Waals surface area contributed by atoms with Crippen LogP contribution in [0.5, 0.6) is 0 Å². The summed E-state index contributed by atoms with van der Waals surface area (Å²) in [6.45, 7) is 2.92. The Hall–Kier alpha value is -1.16. The third-order valence-electron chi connectivity index (χ3n) is 3.26. The van der Waals surface area contributed by atoms with Gasteiger partial charge in [0.15, 0.2) is 17.3 Å². The number of hydrogen-bond acceptors (Lipinski definition) is 5. The zero-order valence-electron chi connectivity index (χ0n) is 15.0. The summed E-state index contributed by atoms with van der Waals surface area (Å²) >= 11 is 1.85. The minimum atomic E-state index is -4.46. The van der Waals surface area contributed by atoms with E-state index in [9.17, 15) is 26.3 Å². The number of halogens is 7. The van der Waals surface area contributed by atoms with Crippen molar-refractivity contribution in [1.29, 1.82) is 0 Å². The summed E-state index contributed by atoms with van der Waals surface area (Å²) in [5.74, 6) is 0.419. The smallest absolute Gasteiger partial charge is 0.357 e. The van der Waals surface area contributed by atoms with Crippen molar-refractivity contribution in [3.63, 3.8) is 0 Å². The Kier molecular flexibility index (Phi) is 10.1. The van der Waals surface area contributed by atoms with Gasteiger partial charge in [-0.15, -0.1) is 46.7 Å². The van der Waals surface area contributed by atoms with Gasteiger partial charge in [0, 0.05) is 43.2 Å². The summed E-state index contributed by atoms with van der Waals surface area (Å²) in [5.41, 5.74) is -1.82. The van der Waals surface area contributed by atoms with Crippen molar-refractivity contribution in [1.82, 2.24) is 20.6 Å². The van der Waals surface area contributed by atoms with Crippen LogP contribution in [-0.4, -0.2) is 35.6 Å². The average molecular weight is 573 g/mol. The van der Waals surface area contributed by atoms with Crippen molar-refractivity contribution >= 4 is 52.6 Å². The molecule has 0 fully saturated rings. The first-order valence-corrected chi connectivity index (χ1v) is 9.91. The lowest BCUT2D eigenvalue weighted by Crippen LogP contribution is -2.38. The molecule has 0 bridgehead atoms. The summed E-state index contributed by atoms with van der Waals surface area (Å²) in [4.78, 5) is 11.3. The molecule has 0 amide bonds. The van der Waals surface area contributed by atoms with Gasteiger partial charge in [-0.3, -0.25) is 4.99 Å². The number of hydrogen-bond donors (Lipinski definition) is 2. The molecule has 164 valence electrons. The largest absolute Gasteiger partial charge is 0.434 e. The van der Waals surface area contributed by atoms with E-state index in [0.717, 1.165) is 33.4 Å². The summed E-state index contributed by atoms with van der Waals surface area (Å²) in [5, 5.41) is 8.53. The lowest BCUT2D eigenvalue weighted by Gasteiger charge is -2.10. The van der Waals surface area contributed by atoms with E-state index < -0.39 is 23.7 Å². The number of alkyl halides is 6. The number of aromatic nitrogens is 2. The molecule has 0 atom stereocenters. The van der Waals surface area contributed by atoms with E-state index in [0.29, 0.717) is 29.1 Å². The van der Waals surface area contributed by atoms with Gasteiger partial charge in [0.05, 0.1) is 10.0 Å². The molecule has 0 saturated carbocycles. The zero-order chi connectivity index (χ0) is 20.8. The van der Waals surface area contributed by atoms with Crippen LogP contribution < -0.4 is 10.6 Å². The van der Waals surface area contributed by atoms with Crippen LogP contribution >= 0.6 is 46.7 Å². The molecule has 2 aromatic heterocycles. The molecule has 2 N–H and O–H groups in total. The number of nitrogens with one attached hydrogen (secondary N) is 2. The lowest BCUT2D eigenvalue weighted by molar-refractivity contribution is -0.141. The Labute approximate surface area is 188 Å². The second kappa shape index (κ2) is 11.3. The monoisotopic (exact) mass is 573 g/mol. The van der Waals surface area contributed by atoms with Gasteiger partial charge >= 0.3 is 12.4 Å². The Balaban J connectivity index is 0.00000420. The van der Waals surface area contributed by atoms with Gasteiger partial charge in [-0.05, 0) is 6.92 Å². The molecule has 2 rings (SSSR count). The van der Waals surface area contributed by atoms with Crippen LogP contribution in [-0.2, 0) is 25.2 Å². The maximum atomic E-state index is 12.5. The highest BCUT2D eigenvalue weighted by atomic mass is 127. The highest BCUT2D eigenvalue weighted by Gasteiger charge is 2.34. The molecule has 0 aliphatic rings. The zero-order valence-corrected chi connectivity index (χ0v) is 19.0. The number of nitrogens with zero attached hydrogens (tertiary/aromatic N) is 3. The molecule has 2 aromatic rings. The molecule has 0 aromatic carbocycles. The van der Waals surface area contributed by atoms with E-state index in [1.54, 1.807) is 0 Å². The second-order valence-electron chi connectivity index (χ2n) is 5.44. The van der Waals surface area contributed by atoms with Crippen molar-refractivity contribution < 1.29 is 26.3 Å². The van der Waals surface area contributed by atoms with Crippen molar-refractivity contribution in [2.45, 2.75) is 32.1 Å². The van der Waals surface area contributed by atoms with E-state index in [1.165, 1.54) is 0 Å². The van der Waals surface area contributed by atoms with Crippen molar-refractivity contribution in [2.24, 2.45) is 4.99 Å². The van der Waals surface area contributed by atoms with Gasteiger partial charge in [-0.2, -0.15) is 26.3 Å². The molecular weight excluding hydrogens is 555 g/mol. The van der Waals surface area contributed by atoms with Crippen LogP contribution in [0.3, 0.4) is 0 Å². The van der Waals surface area contributed by atoms with Gasteiger partial charge in [0.25, 0.3) is 0 Å². The summed E-state index contributed by atoms with van der Waals surface area (Å²) in [6.07, 6.45) is -8.39. The summed E-state index contributed by atoms with van der Waals surface area (Å²) in [6, 6.07) is 0. The van der Waals surface area contributed by atoms with Crippen LogP contribution in [0.25, 0.3) is 0 Å². The summed E-state index contributed by atoms with van der Waals surface area (Å²) < 4.78 is 75.2. The Bertz CT molecular complexity index is 787. The normalized spacial score (nSPS) is 12.6. The minimum absolute atomic E-state index is 0. The number of rotatable bonds is 7. The summed E-state index contributed by atoms with van der Waals surface area (Å²) in [7, 11) is 0. The Morgan fingerprint density at radius 2 is 1.45 bits per heavy atom. The molecular formula is C15H18F6IN5S2. The van der Waals surface area contributed by atoms with Gasteiger partial charge < -0.3 is 10.6 Å². The third kappa shape index (κ3) is 8.62. The van der Waals surface area contributed by atoms with Crippen LogP contribution in [0, 0.1) is 0 Å². The molecule has 14 heteroatoms. The molecule has 2 heterocycles. The molecule has 0 aliphatic carbocycles. The second-order valence-corrected chi connectivity index (χ2v) is 7.32. The molecule has 0 aliphatic heterocycles. The highest BCUT2D eigenvalue weighted by Crippen LogP contribution is 2.30. The minimum Gasteiger partial charge on any atom is -0.357 e. The lowest BCUT2D eigenvalue weighted by atomic mass is 10.4.